The summed E-state index contributed by atoms with van der Waals surface area (Å²) in [5.41, 5.74) is 2.41. The van der Waals surface area contributed by atoms with Crippen LogP contribution < -0.4 is 16.0 Å². The van der Waals surface area contributed by atoms with Gasteiger partial charge in [-0.3, -0.25) is 4.90 Å². The first-order valence-electron chi connectivity index (χ1n) is 11.2. The first-order valence-corrected chi connectivity index (χ1v) is 12.0. The number of para-hydroxylation sites is 1. The monoisotopic (exact) mass is 518 g/mol. The van der Waals surface area contributed by atoms with Crippen molar-refractivity contribution < 1.29 is 19.1 Å². The van der Waals surface area contributed by atoms with Crippen LogP contribution in [0.25, 0.3) is 0 Å². The Balaban J connectivity index is 1.82. The number of carbonyl (C=O) groups is 3. The van der Waals surface area contributed by atoms with Gasteiger partial charge in [0.25, 0.3) is 0 Å². The van der Waals surface area contributed by atoms with Gasteiger partial charge in [0, 0.05) is 17.9 Å². The summed E-state index contributed by atoms with van der Waals surface area (Å²) in [7, 11) is 0. The molecule has 1 aliphatic rings. The fourth-order valence-corrected chi connectivity index (χ4v) is 4.21. The third-order valence-corrected chi connectivity index (χ3v) is 5.94. The molecular formula is C25H28Cl2N4O4. The Bertz CT molecular complexity index is 1130. The van der Waals surface area contributed by atoms with Gasteiger partial charge in [-0.15, -0.1) is 0 Å². The van der Waals surface area contributed by atoms with Crippen molar-refractivity contribution in [1.82, 2.24) is 10.2 Å². The van der Waals surface area contributed by atoms with Gasteiger partial charge in [0.05, 0.1) is 33.5 Å². The van der Waals surface area contributed by atoms with Crippen molar-refractivity contribution in [3.05, 3.63) is 69.3 Å². The maximum atomic E-state index is 13.0. The Morgan fingerprint density at radius 1 is 1.09 bits per heavy atom. The Morgan fingerprint density at radius 3 is 2.29 bits per heavy atom. The lowest BCUT2D eigenvalue weighted by Crippen LogP contribution is -2.48. The topological polar surface area (TPSA) is 99.8 Å². The number of esters is 1. The molecular weight excluding hydrogens is 491 g/mol. The highest BCUT2D eigenvalue weighted by Gasteiger charge is 2.36. The lowest BCUT2D eigenvalue weighted by Gasteiger charge is -2.35. The van der Waals surface area contributed by atoms with Crippen LogP contribution >= 0.6 is 23.2 Å². The highest BCUT2D eigenvalue weighted by atomic mass is 35.5. The molecule has 1 unspecified atom stereocenters. The van der Waals surface area contributed by atoms with Crippen LogP contribution in [0.5, 0.6) is 0 Å². The van der Waals surface area contributed by atoms with Crippen LogP contribution in [0.4, 0.5) is 21.0 Å². The molecule has 8 nitrogen and oxygen atoms in total. The molecule has 0 aliphatic carbocycles. The molecule has 10 heteroatoms. The van der Waals surface area contributed by atoms with Gasteiger partial charge < -0.3 is 20.7 Å². The largest absolute Gasteiger partial charge is 0.459 e. The number of amides is 4. The van der Waals surface area contributed by atoms with Crippen molar-refractivity contribution in [2.24, 2.45) is 0 Å². The number of hydrogen-bond acceptors (Lipinski definition) is 4. The summed E-state index contributed by atoms with van der Waals surface area (Å²) >= 11 is 12.2. The van der Waals surface area contributed by atoms with Crippen LogP contribution in [0.3, 0.4) is 0 Å². The fourth-order valence-electron chi connectivity index (χ4n) is 3.72. The number of halogens is 2. The average Bonchev–Trinajstić information content (AvgIpc) is 2.79. The molecule has 1 aliphatic heterocycles. The molecule has 2 aromatic carbocycles. The van der Waals surface area contributed by atoms with Crippen LogP contribution in [0.15, 0.2) is 53.7 Å². The first-order chi connectivity index (χ1) is 16.6. The summed E-state index contributed by atoms with van der Waals surface area (Å²) in [4.78, 5) is 39.7. The second-order valence-electron chi connectivity index (χ2n) is 8.29. The molecule has 35 heavy (non-hydrogen) atoms. The van der Waals surface area contributed by atoms with Gasteiger partial charge in [0.15, 0.2) is 0 Å². The average molecular weight is 519 g/mol. The van der Waals surface area contributed by atoms with Gasteiger partial charge in [0.1, 0.15) is 0 Å². The normalized spacial score (nSPS) is 15.7. The molecule has 1 atom stereocenters. The number of urea groups is 2. The number of anilines is 2. The van der Waals surface area contributed by atoms with Gasteiger partial charge in [0.2, 0.25) is 0 Å². The summed E-state index contributed by atoms with van der Waals surface area (Å²) in [6.45, 7) is 7.74. The van der Waals surface area contributed by atoms with E-state index in [0.29, 0.717) is 44.8 Å². The summed E-state index contributed by atoms with van der Waals surface area (Å²) in [6, 6.07) is 10.2. The maximum Gasteiger partial charge on any atom is 0.338 e. The van der Waals surface area contributed by atoms with Gasteiger partial charge in [-0.25, -0.2) is 14.4 Å². The molecule has 186 valence electrons. The second kappa shape index (κ2) is 11.5. The number of carbonyl (C=O) groups excluding carboxylic acids is 3. The lowest BCUT2D eigenvalue weighted by atomic mass is 9.94. The Hall–Kier alpha value is -3.23. The van der Waals surface area contributed by atoms with Crippen molar-refractivity contribution in [1.29, 1.82) is 0 Å². The fraction of sp³-hybridized carbons (Fsp3) is 0.320. The molecule has 3 rings (SSSR count). The first kappa shape index (κ1) is 26.4. The van der Waals surface area contributed by atoms with Crippen molar-refractivity contribution in [2.45, 2.75) is 46.3 Å². The highest BCUT2D eigenvalue weighted by Crippen LogP contribution is 2.33. The summed E-state index contributed by atoms with van der Waals surface area (Å²) in [6.07, 6.45) is 0.432. The summed E-state index contributed by atoms with van der Waals surface area (Å²) in [5.74, 6) is -0.484. The number of ether oxygens (including phenoxy) is 1. The number of rotatable bonds is 7. The van der Waals surface area contributed by atoms with Gasteiger partial charge >= 0.3 is 18.0 Å². The van der Waals surface area contributed by atoms with Crippen molar-refractivity contribution in [2.75, 3.05) is 17.2 Å². The second-order valence-corrected chi connectivity index (χ2v) is 9.10. The van der Waals surface area contributed by atoms with Crippen molar-refractivity contribution >= 4 is 52.6 Å². The van der Waals surface area contributed by atoms with E-state index in [1.807, 2.05) is 6.92 Å². The van der Waals surface area contributed by atoms with E-state index in [1.165, 1.54) is 0 Å². The van der Waals surface area contributed by atoms with Crippen LogP contribution in [-0.4, -0.2) is 35.6 Å². The molecule has 0 fully saturated rings. The van der Waals surface area contributed by atoms with Crippen LogP contribution in [0.2, 0.25) is 10.0 Å². The third kappa shape index (κ3) is 6.26. The van der Waals surface area contributed by atoms with Gasteiger partial charge in [-0.1, -0.05) is 48.3 Å². The maximum absolute atomic E-state index is 13.0. The number of nitrogens with one attached hydrogen (secondary N) is 3. The zero-order valence-corrected chi connectivity index (χ0v) is 21.5. The summed E-state index contributed by atoms with van der Waals surface area (Å²) < 4.78 is 5.46. The standard InChI is InChI=1S/C25H28Cl2N4O4/c1-5-13-31-15(4)20(23(32)35-14(2)3)21(30-25(31)34)16-9-11-17(12-10-16)28-24(33)29-22-18(26)7-6-8-19(22)27/h6-12,14,21H,5,13H2,1-4H3,(H,30,34)(H2,28,29,33). The minimum absolute atomic E-state index is 0.284. The molecule has 0 saturated carbocycles. The molecule has 0 bridgehead atoms. The molecule has 0 saturated heterocycles. The number of allylic oxidation sites excluding steroid dienone is 1. The number of benzene rings is 2. The van der Waals surface area contributed by atoms with E-state index < -0.39 is 18.0 Å². The van der Waals surface area contributed by atoms with E-state index in [0.717, 1.165) is 6.42 Å². The Morgan fingerprint density at radius 2 is 1.71 bits per heavy atom. The van der Waals surface area contributed by atoms with Crippen LogP contribution in [0, 0.1) is 0 Å². The highest BCUT2D eigenvalue weighted by molar-refractivity contribution is 6.39. The number of hydrogen-bond donors (Lipinski definition) is 3. The molecule has 0 spiro atoms. The van der Waals surface area contributed by atoms with E-state index in [9.17, 15) is 14.4 Å². The molecule has 2 aromatic rings. The van der Waals surface area contributed by atoms with E-state index in [-0.39, 0.29) is 12.1 Å². The van der Waals surface area contributed by atoms with Crippen molar-refractivity contribution in [3.63, 3.8) is 0 Å². The van der Waals surface area contributed by atoms with E-state index >= 15 is 0 Å². The van der Waals surface area contributed by atoms with Gasteiger partial charge in [-0.05, 0) is 57.0 Å². The molecule has 0 radical (unpaired) electrons. The predicted octanol–water partition coefficient (Wildman–Crippen LogP) is 6.34. The van der Waals surface area contributed by atoms with E-state index in [1.54, 1.807) is 68.1 Å². The smallest absolute Gasteiger partial charge is 0.338 e. The minimum atomic E-state index is -0.688. The van der Waals surface area contributed by atoms with Crippen molar-refractivity contribution in [3.8, 4) is 0 Å². The predicted molar refractivity (Wildman–Crippen MR) is 138 cm³/mol. The minimum Gasteiger partial charge on any atom is -0.459 e. The Kier molecular flexibility index (Phi) is 8.64. The van der Waals surface area contributed by atoms with Crippen LogP contribution in [-0.2, 0) is 9.53 Å². The van der Waals surface area contributed by atoms with E-state index in [4.69, 9.17) is 27.9 Å². The quantitative estimate of drug-likeness (QED) is 0.372. The SMILES string of the molecule is CCCN1C(=O)NC(c2ccc(NC(=O)Nc3c(Cl)cccc3Cl)cc2)C(C(=O)OC(C)C)=C1C. The summed E-state index contributed by atoms with van der Waals surface area (Å²) in [5, 5.41) is 8.88. The molecule has 1 heterocycles. The van der Waals surface area contributed by atoms with Crippen LogP contribution in [0.1, 0.15) is 45.7 Å². The zero-order valence-electron chi connectivity index (χ0n) is 19.9. The Labute approximate surface area is 214 Å². The van der Waals surface area contributed by atoms with E-state index in [2.05, 4.69) is 16.0 Å². The molecule has 0 aromatic heterocycles. The zero-order chi connectivity index (χ0) is 25.7. The lowest BCUT2D eigenvalue weighted by molar-refractivity contribution is -0.143. The molecule has 3 N–H and O–H groups in total. The van der Waals surface area contributed by atoms with Gasteiger partial charge in [-0.2, -0.15) is 0 Å². The molecule has 4 amide bonds. The third-order valence-electron chi connectivity index (χ3n) is 5.31. The number of nitrogens with zero attached hydrogens (tertiary/aromatic N) is 1.